The summed E-state index contributed by atoms with van der Waals surface area (Å²) in [5.41, 5.74) is 6.93. The molecule has 1 heterocycles. The van der Waals surface area contributed by atoms with Gasteiger partial charge in [0, 0.05) is 10.9 Å². The van der Waals surface area contributed by atoms with E-state index in [1.54, 1.807) is 29.6 Å². The van der Waals surface area contributed by atoms with Crippen LogP contribution in [0.5, 0.6) is 5.75 Å². The lowest BCUT2D eigenvalue weighted by Crippen LogP contribution is -2.11. The van der Waals surface area contributed by atoms with Crippen LogP contribution in [0.25, 0.3) is 0 Å². The van der Waals surface area contributed by atoms with Crippen molar-refractivity contribution in [3.8, 4) is 5.75 Å². The molecular formula is C20H17FN2O4S. The van der Waals surface area contributed by atoms with Crippen LogP contribution in [0.3, 0.4) is 0 Å². The molecule has 8 heteroatoms. The van der Waals surface area contributed by atoms with Crippen molar-refractivity contribution < 1.29 is 23.5 Å². The Bertz CT molecular complexity index is 955. The summed E-state index contributed by atoms with van der Waals surface area (Å²) in [5.74, 6) is -0.701. The van der Waals surface area contributed by atoms with Crippen molar-refractivity contribution in [2.45, 2.75) is 19.6 Å². The highest BCUT2D eigenvalue weighted by atomic mass is 32.1. The van der Waals surface area contributed by atoms with Crippen LogP contribution in [-0.4, -0.2) is 16.9 Å². The van der Waals surface area contributed by atoms with Gasteiger partial charge in [-0.2, -0.15) is 0 Å². The first kappa shape index (κ1) is 19.5. The molecule has 0 fully saturated rings. The first-order chi connectivity index (χ1) is 13.5. The molecular weight excluding hydrogens is 383 g/mol. The minimum Gasteiger partial charge on any atom is -0.486 e. The van der Waals surface area contributed by atoms with Crippen molar-refractivity contribution in [1.29, 1.82) is 0 Å². The molecule has 0 radical (unpaired) electrons. The number of ether oxygens (including phenoxy) is 2. The smallest absolute Gasteiger partial charge is 0.312 e. The zero-order valence-electron chi connectivity index (χ0n) is 14.8. The van der Waals surface area contributed by atoms with Crippen molar-refractivity contribution in [2.24, 2.45) is 5.73 Å². The van der Waals surface area contributed by atoms with E-state index in [9.17, 15) is 14.0 Å². The monoisotopic (exact) mass is 400 g/mol. The maximum atomic E-state index is 12.9. The van der Waals surface area contributed by atoms with Crippen LogP contribution in [0.4, 0.5) is 4.39 Å². The first-order valence-corrected chi connectivity index (χ1v) is 9.23. The molecule has 0 saturated carbocycles. The number of halogens is 1. The fraction of sp³-hybridized carbons (Fsp3) is 0.150. The predicted octanol–water partition coefficient (Wildman–Crippen LogP) is 3.25. The molecule has 0 atom stereocenters. The first-order valence-electron chi connectivity index (χ1n) is 8.35. The van der Waals surface area contributed by atoms with Gasteiger partial charge in [0.05, 0.1) is 12.1 Å². The number of hydrogen-bond acceptors (Lipinski definition) is 6. The normalized spacial score (nSPS) is 10.5. The number of hydrogen-bond donors (Lipinski definition) is 1. The van der Waals surface area contributed by atoms with Crippen molar-refractivity contribution in [2.75, 3.05) is 0 Å². The molecule has 1 aromatic heterocycles. The van der Waals surface area contributed by atoms with Crippen LogP contribution < -0.4 is 10.5 Å². The minimum atomic E-state index is -0.508. The molecule has 3 aromatic rings. The largest absolute Gasteiger partial charge is 0.486 e. The lowest BCUT2D eigenvalue weighted by atomic mass is 10.1. The molecule has 144 valence electrons. The van der Waals surface area contributed by atoms with Gasteiger partial charge in [-0.05, 0) is 42.0 Å². The number of thiazole rings is 1. The number of amides is 1. The van der Waals surface area contributed by atoms with Gasteiger partial charge in [-0.15, -0.1) is 11.3 Å². The lowest BCUT2D eigenvalue weighted by Gasteiger charge is -2.05. The number of primary amides is 1. The number of aromatic nitrogens is 1. The summed E-state index contributed by atoms with van der Waals surface area (Å²) in [5, 5.41) is 2.47. The number of benzene rings is 2. The van der Waals surface area contributed by atoms with Crippen LogP contribution >= 0.6 is 11.3 Å². The van der Waals surface area contributed by atoms with E-state index >= 15 is 0 Å². The second-order valence-electron chi connectivity index (χ2n) is 5.87. The van der Waals surface area contributed by atoms with Crippen LogP contribution in [0.2, 0.25) is 0 Å². The van der Waals surface area contributed by atoms with Gasteiger partial charge in [-0.25, -0.2) is 9.37 Å². The van der Waals surface area contributed by atoms with Crippen LogP contribution in [0.15, 0.2) is 53.9 Å². The fourth-order valence-corrected chi connectivity index (χ4v) is 3.01. The maximum absolute atomic E-state index is 12.9. The van der Waals surface area contributed by atoms with Gasteiger partial charge in [0.25, 0.3) is 0 Å². The molecule has 0 unspecified atom stereocenters. The number of esters is 1. The Labute approximate surface area is 164 Å². The van der Waals surface area contributed by atoms with E-state index in [2.05, 4.69) is 4.98 Å². The number of carbonyl (C=O) groups is 2. The van der Waals surface area contributed by atoms with Crippen LogP contribution in [0, 0.1) is 5.82 Å². The zero-order valence-corrected chi connectivity index (χ0v) is 15.6. The van der Waals surface area contributed by atoms with Gasteiger partial charge in [0.15, 0.2) is 0 Å². The Morgan fingerprint density at radius 2 is 1.75 bits per heavy atom. The summed E-state index contributed by atoms with van der Waals surface area (Å²) in [7, 11) is 0. The van der Waals surface area contributed by atoms with E-state index in [0.29, 0.717) is 22.0 Å². The van der Waals surface area contributed by atoms with E-state index < -0.39 is 11.9 Å². The molecule has 0 aliphatic carbocycles. The fourth-order valence-electron chi connectivity index (χ4n) is 2.30. The Hall–Kier alpha value is -3.26. The highest BCUT2D eigenvalue weighted by molar-refractivity contribution is 7.09. The van der Waals surface area contributed by atoms with Crippen molar-refractivity contribution >= 4 is 23.2 Å². The summed E-state index contributed by atoms with van der Waals surface area (Å²) < 4.78 is 23.6. The zero-order chi connectivity index (χ0) is 19.9. The summed E-state index contributed by atoms with van der Waals surface area (Å²) in [6.07, 6.45) is 0.0480. The molecule has 3 rings (SSSR count). The summed E-state index contributed by atoms with van der Waals surface area (Å²) >= 11 is 1.37. The summed E-state index contributed by atoms with van der Waals surface area (Å²) in [6, 6.07) is 12.2. The Morgan fingerprint density at radius 1 is 1.04 bits per heavy atom. The minimum absolute atomic E-state index is 0.0480. The highest BCUT2D eigenvalue weighted by Crippen LogP contribution is 2.16. The van der Waals surface area contributed by atoms with E-state index in [0.717, 1.165) is 5.56 Å². The molecule has 0 bridgehead atoms. The number of nitrogens with two attached hydrogens (primary N) is 1. The third kappa shape index (κ3) is 5.62. The van der Waals surface area contributed by atoms with Gasteiger partial charge in [0.1, 0.15) is 29.8 Å². The molecule has 0 saturated heterocycles. The average molecular weight is 400 g/mol. The topological polar surface area (TPSA) is 91.5 Å². The second kappa shape index (κ2) is 9.09. The highest BCUT2D eigenvalue weighted by Gasteiger charge is 2.10. The Kier molecular flexibility index (Phi) is 6.33. The van der Waals surface area contributed by atoms with Crippen molar-refractivity contribution in [3.05, 3.63) is 81.6 Å². The molecule has 6 nitrogen and oxygen atoms in total. The molecule has 2 N–H and O–H groups in total. The van der Waals surface area contributed by atoms with Gasteiger partial charge < -0.3 is 15.2 Å². The third-order valence-electron chi connectivity index (χ3n) is 3.74. The van der Waals surface area contributed by atoms with E-state index in [-0.39, 0.29) is 25.5 Å². The van der Waals surface area contributed by atoms with E-state index in [1.807, 2.05) is 0 Å². The number of rotatable bonds is 8. The van der Waals surface area contributed by atoms with Crippen LogP contribution in [-0.2, 0) is 29.2 Å². The van der Waals surface area contributed by atoms with E-state index in [1.165, 1.54) is 35.6 Å². The van der Waals surface area contributed by atoms with Crippen molar-refractivity contribution in [1.82, 2.24) is 4.98 Å². The summed E-state index contributed by atoms with van der Waals surface area (Å²) in [6.45, 7) is 0.333. The standard InChI is InChI=1S/C20H17FN2O4S/c21-15-5-7-17(8-6-15)26-11-18-23-16(12-28-18)9-19(24)27-10-13-1-3-14(4-2-13)20(22)25/h1-8,12H,9-11H2,(H2,22,25). The van der Waals surface area contributed by atoms with Gasteiger partial charge in [-0.3, -0.25) is 9.59 Å². The quantitative estimate of drug-likeness (QED) is 0.586. The predicted molar refractivity (Wildman–Crippen MR) is 101 cm³/mol. The molecule has 0 spiro atoms. The molecule has 28 heavy (non-hydrogen) atoms. The van der Waals surface area contributed by atoms with E-state index in [4.69, 9.17) is 15.2 Å². The summed E-state index contributed by atoms with van der Waals surface area (Å²) in [4.78, 5) is 27.4. The lowest BCUT2D eigenvalue weighted by molar-refractivity contribution is -0.144. The Balaban J connectivity index is 1.45. The number of carbonyl (C=O) groups excluding carboxylic acids is 2. The third-order valence-corrected chi connectivity index (χ3v) is 4.61. The Morgan fingerprint density at radius 3 is 2.43 bits per heavy atom. The molecule has 0 aliphatic heterocycles. The second-order valence-corrected chi connectivity index (χ2v) is 6.82. The molecule has 1 amide bonds. The molecule has 2 aromatic carbocycles. The van der Waals surface area contributed by atoms with Gasteiger partial charge >= 0.3 is 5.97 Å². The van der Waals surface area contributed by atoms with Crippen LogP contribution in [0.1, 0.15) is 26.6 Å². The van der Waals surface area contributed by atoms with Gasteiger partial charge in [0.2, 0.25) is 5.91 Å². The maximum Gasteiger partial charge on any atom is 0.312 e. The SMILES string of the molecule is NC(=O)c1ccc(COC(=O)Cc2csc(COc3ccc(F)cc3)n2)cc1. The molecule has 0 aliphatic rings. The van der Waals surface area contributed by atoms with Gasteiger partial charge in [-0.1, -0.05) is 12.1 Å². The number of nitrogens with zero attached hydrogens (tertiary/aromatic N) is 1. The average Bonchev–Trinajstić information content (AvgIpc) is 3.13. The van der Waals surface area contributed by atoms with Crippen molar-refractivity contribution in [3.63, 3.8) is 0 Å².